The fourth-order valence-corrected chi connectivity index (χ4v) is 6.56. The number of carbonyl (C=O) groups excluding carboxylic acids is 3. The second kappa shape index (κ2) is 10.6. The van der Waals surface area contributed by atoms with Gasteiger partial charge in [0.1, 0.15) is 17.6 Å². The van der Waals surface area contributed by atoms with Gasteiger partial charge in [0.05, 0.1) is 24.7 Å². The van der Waals surface area contributed by atoms with E-state index in [0.29, 0.717) is 30.0 Å². The van der Waals surface area contributed by atoms with Gasteiger partial charge in [-0.3, -0.25) is 14.4 Å². The zero-order valence-electron chi connectivity index (χ0n) is 21.4. The fourth-order valence-electron chi connectivity index (χ4n) is 6.44. The smallest absolute Gasteiger partial charge is 0.312 e. The molecule has 6 atom stereocenters. The molecule has 2 bridgehead atoms. The topological polar surface area (TPSA) is 96.4 Å². The van der Waals surface area contributed by atoms with Gasteiger partial charge < -0.3 is 24.4 Å². The molecule has 3 aliphatic heterocycles. The zero-order valence-corrected chi connectivity index (χ0v) is 22.2. The summed E-state index contributed by atoms with van der Waals surface area (Å²) in [5.41, 5.74) is -1.58. The number of nitrogens with zero attached hydrogens (tertiary/aromatic N) is 2. The Labute approximate surface area is 222 Å². The largest absolute Gasteiger partial charge is 0.465 e. The van der Waals surface area contributed by atoms with Gasteiger partial charge in [-0.25, -0.2) is 0 Å². The van der Waals surface area contributed by atoms with E-state index < -0.39 is 35.0 Å². The zero-order chi connectivity index (χ0) is 27.0. The standard InChI is InChI=1S/C28H35ClN2O6/c1-5-7-8-16-36-26(35)22-21-24(33)31(14-15-32)23(28(21)17-18(3)27(22,4)37-28)25(34)30(13-6-2)20-11-9-19(29)10-12-20/h5-6,9-12,18,21-23,32H,1-2,7-8,13-17H2,3-4H3/t18?,21-,22+,23?,27-,28?/m0/s1. The summed E-state index contributed by atoms with van der Waals surface area (Å²) in [6.45, 7) is 11.3. The van der Waals surface area contributed by atoms with Crippen molar-refractivity contribution in [3.63, 3.8) is 0 Å². The number of unbranched alkanes of at least 4 members (excludes halogenated alkanes) is 1. The third kappa shape index (κ3) is 4.39. The van der Waals surface area contributed by atoms with E-state index in [4.69, 9.17) is 21.1 Å². The van der Waals surface area contributed by atoms with Crippen LogP contribution in [0.1, 0.15) is 33.1 Å². The van der Waals surface area contributed by atoms with Gasteiger partial charge >= 0.3 is 5.97 Å². The molecular weight excluding hydrogens is 496 g/mol. The lowest BCUT2D eigenvalue weighted by Crippen LogP contribution is -2.57. The van der Waals surface area contributed by atoms with E-state index in [0.717, 1.165) is 0 Å². The summed E-state index contributed by atoms with van der Waals surface area (Å²) in [6.07, 6.45) is 5.13. The van der Waals surface area contributed by atoms with Crippen molar-refractivity contribution < 1.29 is 29.0 Å². The van der Waals surface area contributed by atoms with Crippen molar-refractivity contribution in [1.29, 1.82) is 0 Å². The van der Waals surface area contributed by atoms with Crippen LogP contribution in [0.15, 0.2) is 49.6 Å². The molecule has 0 saturated carbocycles. The molecule has 200 valence electrons. The number of benzene rings is 1. The molecule has 8 nitrogen and oxygen atoms in total. The average molecular weight is 531 g/mol. The summed E-state index contributed by atoms with van der Waals surface area (Å²) in [5, 5.41) is 10.3. The van der Waals surface area contributed by atoms with Crippen molar-refractivity contribution in [2.45, 2.75) is 50.4 Å². The first-order valence-corrected chi connectivity index (χ1v) is 13.1. The van der Waals surface area contributed by atoms with Crippen LogP contribution in [-0.4, -0.2) is 71.3 Å². The molecule has 1 aromatic carbocycles. The minimum absolute atomic E-state index is 0.0500. The number of allylic oxidation sites excluding steroid dienone is 1. The molecule has 9 heteroatoms. The quantitative estimate of drug-likeness (QED) is 0.268. The van der Waals surface area contributed by atoms with Gasteiger partial charge in [0.25, 0.3) is 5.91 Å². The van der Waals surface area contributed by atoms with Crippen LogP contribution in [0.3, 0.4) is 0 Å². The van der Waals surface area contributed by atoms with Gasteiger partial charge in [0.15, 0.2) is 0 Å². The molecule has 2 amide bonds. The third-order valence-electron chi connectivity index (χ3n) is 8.16. The normalized spacial score (nSPS) is 31.8. The van der Waals surface area contributed by atoms with Crippen LogP contribution in [0.2, 0.25) is 5.02 Å². The highest BCUT2D eigenvalue weighted by atomic mass is 35.5. The highest BCUT2D eigenvalue weighted by Crippen LogP contribution is 2.65. The van der Waals surface area contributed by atoms with Gasteiger partial charge in [-0.15, -0.1) is 13.2 Å². The van der Waals surface area contributed by atoms with E-state index >= 15 is 0 Å². The van der Waals surface area contributed by atoms with Crippen molar-refractivity contribution in [1.82, 2.24) is 4.90 Å². The number of fused-ring (bicyclic) bond motifs is 1. The number of anilines is 1. The SMILES string of the molecule is C=CCCCOC(=O)[C@H]1[C@H]2C(=O)N(CCO)C(C(=O)N(CC=C)c3ccc(Cl)cc3)C23CC(C)[C@]1(C)O3. The maximum absolute atomic E-state index is 14.3. The third-order valence-corrected chi connectivity index (χ3v) is 8.41. The van der Waals surface area contributed by atoms with E-state index in [1.165, 1.54) is 9.80 Å². The van der Waals surface area contributed by atoms with Crippen LogP contribution < -0.4 is 4.90 Å². The summed E-state index contributed by atoms with van der Waals surface area (Å²) in [6, 6.07) is 5.81. The lowest BCUT2D eigenvalue weighted by Gasteiger charge is -2.37. The van der Waals surface area contributed by atoms with E-state index in [9.17, 15) is 19.5 Å². The van der Waals surface area contributed by atoms with E-state index in [1.807, 2.05) is 13.8 Å². The van der Waals surface area contributed by atoms with E-state index in [1.54, 1.807) is 36.4 Å². The number of likely N-dealkylation sites (tertiary alicyclic amines) is 1. The Balaban J connectivity index is 1.74. The Morgan fingerprint density at radius 1 is 1.30 bits per heavy atom. The van der Waals surface area contributed by atoms with Crippen LogP contribution in [0.25, 0.3) is 0 Å². The summed E-state index contributed by atoms with van der Waals surface area (Å²) in [5.74, 6) is -3.05. The molecular formula is C28H35ClN2O6. The molecule has 3 fully saturated rings. The summed E-state index contributed by atoms with van der Waals surface area (Å²) >= 11 is 6.06. The second-order valence-corrected chi connectivity index (χ2v) is 10.7. The lowest BCUT2D eigenvalue weighted by molar-refractivity contribution is -0.161. The van der Waals surface area contributed by atoms with Crippen molar-refractivity contribution in [3.8, 4) is 0 Å². The van der Waals surface area contributed by atoms with Crippen LogP contribution >= 0.6 is 11.6 Å². The van der Waals surface area contributed by atoms with Gasteiger partial charge in [-0.2, -0.15) is 0 Å². The molecule has 3 heterocycles. The number of halogens is 1. The van der Waals surface area contributed by atoms with Gasteiger partial charge in [-0.1, -0.05) is 30.7 Å². The predicted octanol–water partition coefficient (Wildman–Crippen LogP) is 3.37. The number of rotatable bonds is 11. The Morgan fingerprint density at radius 3 is 2.62 bits per heavy atom. The number of ether oxygens (including phenoxy) is 2. The Kier molecular flexibility index (Phi) is 7.83. The molecule has 1 spiro atoms. The number of aliphatic hydroxyl groups excluding tert-OH is 1. The van der Waals surface area contributed by atoms with Gasteiger partial charge in [0, 0.05) is 23.8 Å². The maximum Gasteiger partial charge on any atom is 0.312 e. The van der Waals surface area contributed by atoms with Crippen molar-refractivity contribution in [2.75, 3.05) is 31.2 Å². The van der Waals surface area contributed by atoms with E-state index in [2.05, 4.69) is 13.2 Å². The fraction of sp³-hybridized carbons (Fsp3) is 0.536. The number of amides is 2. The van der Waals surface area contributed by atoms with Gasteiger partial charge in [0.2, 0.25) is 5.91 Å². The first-order chi connectivity index (χ1) is 17.7. The summed E-state index contributed by atoms with van der Waals surface area (Å²) in [4.78, 5) is 44.5. The number of hydrogen-bond acceptors (Lipinski definition) is 6. The molecule has 3 unspecified atom stereocenters. The monoisotopic (exact) mass is 530 g/mol. The maximum atomic E-state index is 14.3. The first kappa shape index (κ1) is 27.4. The highest BCUT2D eigenvalue weighted by Gasteiger charge is 2.80. The predicted molar refractivity (Wildman–Crippen MR) is 140 cm³/mol. The number of β-amino-alcohol motifs (C(OH)–C–C–N with tert-alkyl or cyclic N) is 1. The number of aliphatic hydroxyl groups is 1. The van der Waals surface area contributed by atoms with E-state index in [-0.39, 0.29) is 44.0 Å². The molecule has 0 radical (unpaired) electrons. The minimum Gasteiger partial charge on any atom is -0.465 e. The first-order valence-electron chi connectivity index (χ1n) is 12.7. The lowest BCUT2D eigenvalue weighted by atomic mass is 9.62. The summed E-state index contributed by atoms with van der Waals surface area (Å²) < 4.78 is 12.3. The van der Waals surface area contributed by atoms with Gasteiger partial charge in [-0.05, 0) is 56.4 Å². The molecule has 0 aliphatic carbocycles. The molecule has 3 saturated heterocycles. The molecule has 4 rings (SSSR count). The molecule has 0 aromatic heterocycles. The van der Waals surface area contributed by atoms with Crippen LogP contribution in [0.4, 0.5) is 5.69 Å². The Morgan fingerprint density at radius 2 is 2.00 bits per heavy atom. The Bertz CT molecular complexity index is 1080. The number of carbonyl (C=O) groups is 3. The minimum atomic E-state index is -1.21. The second-order valence-electron chi connectivity index (χ2n) is 10.3. The number of esters is 1. The number of hydrogen-bond donors (Lipinski definition) is 1. The average Bonchev–Trinajstić information content (AvgIpc) is 3.38. The van der Waals surface area contributed by atoms with Crippen LogP contribution in [-0.2, 0) is 23.9 Å². The molecule has 37 heavy (non-hydrogen) atoms. The molecule has 1 N–H and O–H groups in total. The van der Waals surface area contributed by atoms with Crippen LogP contribution in [0.5, 0.6) is 0 Å². The van der Waals surface area contributed by atoms with Crippen molar-refractivity contribution in [3.05, 3.63) is 54.6 Å². The van der Waals surface area contributed by atoms with Crippen LogP contribution in [0, 0.1) is 17.8 Å². The highest BCUT2D eigenvalue weighted by molar-refractivity contribution is 6.30. The summed E-state index contributed by atoms with van der Waals surface area (Å²) in [7, 11) is 0. The van der Waals surface area contributed by atoms with Crippen molar-refractivity contribution >= 4 is 35.1 Å². The molecule has 3 aliphatic rings. The molecule has 1 aromatic rings. The Hall–Kier alpha value is -2.68. The van der Waals surface area contributed by atoms with Crippen molar-refractivity contribution in [2.24, 2.45) is 17.8 Å².